The van der Waals surface area contributed by atoms with Crippen molar-refractivity contribution >= 4 is 41.0 Å². The minimum Gasteiger partial charge on any atom is -0.351 e. The normalized spacial score (nSPS) is 20.2. The number of piperidine rings is 2. The molecule has 2 saturated heterocycles. The van der Waals surface area contributed by atoms with Crippen molar-refractivity contribution in [1.82, 2.24) is 14.7 Å². The van der Waals surface area contributed by atoms with Gasteiger partial charge in [-0.25, -0.2) is 4.79 Å². The Bertz CT molecular complexity index is 1360. The molecule has 0 aromatic heterocycles. The second-order valence-electron chi connectivity index (χ2n) is 10.7. The standard InChI is InChI=1S/C28H28Cl2F6N4O3/c1-38(24(41)17-10-18(27(31,32)33)13-19(11-17)28(34,35)36)23-6-9-40(14-20(23)16-2-3-21(29)22(30)12-16)25(42)15-4-7-39(8-5-15)26(37)43/h2-3,10-13,15,20,23H,4-9,14H2,1H3,(H2,37,43)/t20-,23+/m0/s1. The number of benzene rings is 2. The van der Waals surface area contributed by atoms with Crippen LogP contribution in [0.15, 0.2) is 36.4 Å². The molecule has 4 amide bonds. The van der Waals surface area contributed by atoms with Crippen molar-refractivity contribution in [3.8, 4) is 0 Å². The van der Waals surface area contributed by atoms with Crippen molar-refractivity contribution < 1.29 is 40.7 Å². The molecule has 2 N–H and O–H groups in total. The van der Waals surface area contributed by atoms with Crippen LogP contribution in [0.3, 0.4) is 0 Å². The van der Waals surface area contributed by atoms with E-state index in [-0.39, 0.29) is 47.4 Å². The Labute approximate surface area is 253 Å². The van der Waals surface area contributed by atoms with Crippen molar-refractivity contribution in [3.63, 3.8) is 0 Å². The van der Waals surface area contributed by atoms with Crippen LogP contribution in [0.2, 0.25) is 10.0 Å². The fourth-order valence-electron chi connectivity index (χ4n) is 5.71. The van der Waals surface area contributed by atoms with Gasteiger partial charge in [0.05, 0.1) is 21.2 Å². The molecule has 2 aromatic rings. The molecule has 4 rings (SSSR count). The van der Waals surface area contributed by atoms with E-state index < -0.39 is 52.9 Å². The van der Waals surface area contributed by atoms with Crippen LogP contribution < -0.4 is 5.73 Å². The minimum atomic E-state index is -5.11. The molecule has 7 nitrogen and oxygen atoms in total. The van der Waals surface area contributed by atoms with Crippen LogP contribution in [0, 0.1) is 5.92 Å². The maximum Gasteiger partial charge on any atom is 0.416 e. The summed E-state index contributed by atoms with van der Waals surface area (Å²) in [6.45, 7) is 0.940. The summed E-state index contributed by atoms with van der Waals surface area (Å²) in [4.78, 5) is 42.6. The molecule has 2 fully saturated rings. The van der Waals surface area contributed by atoms with Gasteiger partial charge in [-0.1, -0.05) is 29.3 Å². The number of carbonyl (C=O) groups is 3. The summed E-state index contributed by atoms with van der Waals surface area (Å²) in [7, 11) is 1.31. The van der Waals surface area contributed by atoms with Gasteiger partial charge in [0.25, 0.3) is 5.91 Å². The lowest BCUT2D eigenvalue weighted by Gasteiger charge is -2.44. The van der Waals surface area contributed by atoms with Gasteiger partial charge in [0, 0.05) is 56.7 Å². The number of rotatable bonds is 4. The Morgan fingerprint density at radius 1 is 0.837 bits per heavy atom. The molecule has 2 aliphatic heterocycles. The highest BCUT2D eigenvalue weighted by Crippen LogP contribution is 2.39. The van der Waals surface area contributed by atoms with Gasteiger partial charge in [-0.15, -0.1) is 0 Å². The van der Waals surface area contributed by atoms with Crippen LogP contribution in [0.1, 0.15) is 52.2 Å². The molecule has 234 valence electrons. The van der Waals surface area contributed by atoms with Gasteiger partial charge in [-0.2, -0.15) is 26.3 Å². The van der Waals surface area contributed by atoms with Crippen LogP contribution in [0.4, 0.5) is 31.1 Å². The lowest BCUT2D eigenvalue weighted by molar-refractivity contribution is -0.143. The monoisotopic (exact) mass is 652 g/mol. The fraction of sp³-hybridized carbons (Fsp3) is 0.464. The average molecular weight is 653 g/mol. The van der Waals surface area contributed by atoms with Crippen LogP contribution in [0.25, 0.3) is 0 Å². The smallest absolute Gasteiger partial charge is 0.351 e. The van der Waals surface area contributed by atoms with Gasteiger partial charge in [0.1, 0.15) is 0 Å². The largest absolute Gasteiger partial charge is 0.416 e. The summed E-state index contributed by atoms with van der Waals surface area (Å²) < 4.78 is 80.8. The van der Waals surface area contributed by atoms with Gasteiger partial charge in [0.2, 0.25) is 5.91 Å². The number of primary amides is 1. The predicted octanol–water partition coefficient (Wildman–Crippen LogP) is 6.28. The minimum absolute atomic E-state index is 0.0344. The van der Waals surface area contributed by atoms with E-state index in [4.69, 9.17) is 28.9 Å². The number of hydrogen-bond acceptors (Lipinski definition) is 3. The van der Waals surface area contributed by atoms with Crippen molar-refractivity contribution in [1.29, 1.82) is 0 Å². The first-order valence-electron chi connectivity index (χ1n) is 13.3. The van der Waals surface area contributed by atoms with E-state index >= 15 is 0 Å². The molecule has 0 spiro atoms. The summed E-state index contributed by atoms with van der Waals surface area (Å²) in [5, 5.41) is 0.446. The van der Waals surface area contributed by atoms with Crippen LogP contribution in [0.5, 0.6) is 0 Å². The zero-order valence-electron chi connectivity index (χ0n) is 22.8. The van der Waals surface area contributed by atoms with Gasteiger partial charge in [-0.3, -0.25) is 9.59 Å². The lowest BCUT2D eigenvalue weighted by atomic mass is 9.83. The maximum atomic E-state index is 13.5. The van der Waals surface area contributed by atoms with Crippen molar-refractivity contribution in [2.45, 2.75) is 43.6 Å². The van der Waals surface area contributed by atoms with Crippen molar-refractivity contribution in [2.24, 2.45) is 11.7 Å². The third-order valence-corrected chi connectivity index (χ3v) is 8.81. The lowest BCUT2D eigenvalue weighted by Crippen LogP contribution is -2.54. The molecule has 0 aliphatic carbocycles. The molecule has 0 radical (unpaired) electrons. The number of amides is 4. The summed E-state index contributed by atoms with van der Waals surface area (Å²) in [5.41, 5.74) is 1.96. The molecular formula is C28H28Cl2F6N4O3. The number of carbonyl (C=O) groups excluding carboxylic acids is 3. The molecule has 0 saturated carbocycles. The molecule has 43 heavy (non-hydrogen) atoms. The summed E-state index contributed by atoms with van der Waals surface area (Å²) >= 11 is 12.3. The Balaban J connectivity index is 1.63. The third-order valence-electron chi connectivity index (χ3n) is 8.07. The second-order valence-corrected chi connectivity index (χ2v) is 11.5. The van der Waals surface area contributed by atoms with Gasteiger partial charge < -0.3 is 20.4 Å². The third kappa shape index (κ3) is 7.31. The Kier molecular flexibility index (Phi) is 9.46. The zero-order chi connectivity index (χ0) is 31.9. The second kappa shape index (κ2) is 12.4. The van der Waals surface area contributed by atoms with E-state index in [0.717, 1.165) is 4.90 Å². The van der Waals surface area contributed by atoms with E-state index in [9.17, 15) is 40.7 Å². The number of hydrogen-bond donors (Lipinski definition) is 1. The number of likely N-dealkylation sites (tertiary alicyclic amines) is 2. The number of nitrogens with two attached hydrogens (primary N) is 1. The number of nitrogens with zero attached hydrogens (tertiary/aromatic N) is 3. The van der Waals surface area contributed by atoms with Crippen LogP contribution in [-0.2, 0) is 17.1 Å². The highest BCUT2D eigenvalue weighted by atomic mass is 35.5. The van der Waals surface area contributed by atoms with E-state index in [1.54, 1.807) is 17.0 Å². The molecular weight excluding hydrogens is 625 g/mol. The summed E-state index contributed by atoms with van der Waals surface area (Å²) in [6, 6.07) is 4.23. The Morgan fingerprint density at radius 3 is 1.91 bits per heavy atom. The first kappa shape index (κ1) is 32.7. The number of likely N-dealkylation sites (N-methyl/N-ethyl adjacent to an activating group) is 1. The predicted molar refractivity (Wildman–Crippen MR) is 147 cm³/mol. The summed E-state index contributed by atoms with van der Waals surface area (Å²) in [5.74, 6) is -2.16. The van der Waals surface area contributed by atoms with E-state index in [1.165, 1.54) is 18.0 Å². The fourth-order valence-corrected chi connectivity index (χ4v) is 6.02. The molecule has 0 bridgehead atoms. The van der Waals surface area contributed by atoms with Gasteiger partial charge in [-0.05, 0) is 55.2 Å². The number of alkyl halides is 6. The SMILES string of the molecule is CN(C(=O)c1cc(C(F)(F)F)cc(C(F)(F)F)c1)[C@@H]1CCN(C(=O)C2CCN(C(N)=O)CC2)C[C@H]1c1ccc(Cl)c(Cl)c1. The quantitative estimate of drug-likeness (QED) is 0.395. The first-order chi connectivity index (χ1) is 20.0. The Hall–Kier alpha value is -3.19. The Morgan fingerprint density at radius 2 is 1.40 bits per heavy atom. The van der Waals surface area contributed by atoms with Crippen molar-refractivity contribution in [3.05, 3.63) is 68.7 Å². The van der Waals surface area contributed by atoms with Crippen LogP contribution in [-0.4, -0.2) is 71.8 Å². The maximum absolute atomic E-state index is 13.5. The average Bonchev–Trinajstić information content (AvgIpc) is 2.96. The van der Waals surface area contributed by atoms with E-state index in [2.05, 4.69) is 0 Å². The molecule has 0 unspecified atom stereocenters. The van der Waals surface area contributed by atoms with Gasteiger partial charge >= 0.3 is 18.4 Å². The molecule has 2 aromatic carbocycles. The topological polar surface area (TPSA) is 87.0 Å². The van der Waals surface area contributed by atoms with Crippen LogP contribution >= 0.6 is 23.2 Å². The molecule has 15 heteroatoms. The molecule has 2 aliphatic rings. The van der Waals surface area contributed by atoms with Crippen molar-refractivity contribution in [2.75, 3.05) is 33.2 Å². The highest BCUT2D eigenvalue weighted by Gasteiger charge is 2.41. The molecule has 2 heterocycles. The molecule has 2 atom stereocenters. The zero-order valence-corrected chi connectivity index (χ0v) is 24.3. The number of halogens is 8. The van der Waals surface area contributed by atoms with Gasteiger partial charge in [0.15, 0.2) is 0 Å². The summed E-state index contributed by atoms with van der Waals surface area (Å²) in [6.07, 6.45) is -9.22. The highest BCUT2D eigenvalue weighted by molar-refractivity contribution is 6.42. The van der Waals surface area contributed by atoms with E-state index in [0.29, 0.717) is 43.6 Å². The number of urea groups is 1. The first-order valence-corrected chi connectivity index (χ1v) is 14.1. The van der Waals surface area contributed by atoms with E-state index in [1.807, 2.05) is 0 Å².